The van der Waals surface area contributed by atoms with Crippen molar-refractivity contribution in [3.63, 3.8) is 0 Å². The van der Waals surface area contributed by atoms with E-state index in [0.717, 1.165) is 6.08 Å². The molecule has 0 aromatic rings. The van der Waals surface area contributed by atoms with E-state index in [1.165, 1.54) is 18.2 Å². The Hall–Kier alpha value is -1.12. The third-order valence-electron chi connectivity index (χ3n) is 1.15. The van der Waals surface area contributed by atoms with E-state index in [9.17, 15) is 8.78 Å². The molecule has 1 atom stereocenters. The van der Waals surface area contributed by atoms with Crippen molar-refractivity contribution in [2.24, 2.45) is 5.73 Å². The Morgan fingerprint density at radius 1 is 1.50 bits per heavy atom. The van der Waals surface area contributed by atoms with Crippen molar-refractivity contribution < 1.29 is 8.78 Å². The average Bonchev–Trinajstić information content (AvgIpc) is 1.96. The third-order valence-corrected chi connectivity index (χ3v) is 1.15. The first-order valence-corrected chi connectivity index (χ1v) is 2.86. The summed E-state index contributed by atoms with van der Waals surface area (Å²) in [6, 6.07) is 0. The van der Waals surface area contributed by atoms with Gasteiger partial charge in [0.15, 0.2) is 0 Å². The predicted octanol–water partition coefficient (Wildman–Crippen LogP) is 1.59. The Morgan fingerprint density at radius 3 is 2.90 bits per heavy atom. The van der Waals surface area contributed by atoms with E-state index in [0.29, 0.717) is 0 Å². The Bertz CT molecular complexity index is 216. The average molecular weight is 143 g/mol. The van der Waals surface area contributed by atoms with E-state index in [2.05, 4.69) is 0 Å². The number of rotatable bonds is 0. The number of allylic oxidation sites excluding steroid dienone is 5. The van der Waals surface area contributed by atoms with E-state index >= 15 is 0 Å². The first-order chi connectivity index (χ1) is 4.70. The summed E-state index contributed by atoms with van der Waals surface area (Å²) < 4.78 is 24.9. The second-order valence-corrected chi connectivity index (χ2v) is 1.97. The smallest absolute Gasteiger partial charge is 0.145 e. The lowest BCUT2D eigenvalue weighted by Crippen LogP contribution is -1.97. The molecule has 0 heterocycles. The van der Waals surface area contributed by atoms with E-state index < -0.39 is 12.0 Å². The number of nitrogens with two attached hydrogens (primary N) is 1. The van der Waals surface area contributed by atoms with Gasteiger partial charge < -0.3 is 5.73 Å². The van der Waals surface area contributed by atoms with Crippen LogP contribution in [-0.4, -0.2) is 6.17 Å². The molecule has 3 heteroatoms. The van der Waals surface area contributed by atoms with Crippen LogP contribution in [0.15, 0.2) is 35.8 Å². The first-order valence-electron chi connectivity index (χ1n) is 2.86. The van der Waals surface area contributed by atoms with Gasteiger partial charge in [-0.25, -0.2) is 8.78 Å². The fraction of sp³-hybridized carbons (Fsp3) is 0.143. The molecule has 1 rings (SSSR count). The Kier molecular flexibility index (Phi) is 1.85. The van der Waals surface area contributed by atoms with Gasteiger partial charge >= 0.3 is 0 Å². The Balaban J connectivity index is 2.90. The van der Waals surface area contributed by atoms with Gasteiger partial charge in [0, 0.05) is 0 Å². The molecule has 10 heavy (non-hydrogen) atoms. The summed E-state index contributed by atoms with van der Waals surface area (Å²) in [6.07, 6.45) is 3.40. The highest BCUT2D eigenvalue weighted by Gasteiger charge is 2.05. The minimum atomic E-state index is -1.36. The van der Waals surface area contributed by atoms with Gasteiger partial charge in [-0.2, -0.15) is 0 Å². The lowest BCUT2D eigenvalue weighted by atomic mass is 10.3. The minimum absolute atomic E-state index is 0.0311. The van der Waals surface area contributed by atoms with Crippen LogP contribution in [0.25, 0.3) is 0 Å². The van der Waals surface area contributed by atoms with Crippen LogP contribution in [0.5, 0.6) is 0 Å². The van der Waals surface area contributed by atoms with Gasteiger partial charge in [-0.1, -0.05) is 6.08 Å². The molecule has 1 nitrogen and oxygen atoms in total. The SMILES string of the molecule is NC1=CC=CC(F)C=C1F. The van der Waals surface area contributed by atoms with Gasteiger partial charge in [-0.15, -0.1) is 0 Å². The van der Waals surface area contributed by atoms with E-state index in [4.69, 9.17) is 5.73 Å². The van der Waals surface area contributed by atoms with Crippen LogP contribution in [0.3, 0.4) is 0 Å². The van der Waals surface area contributed by atoms with Gasteiger partial charge in [0.1, 0.15) is 12.0 Å². The molecule has 0 radical (unpaired) electrons. The van der Waals surface area contributed by atoms with E-state index in [1.807, 2.05) is 0 Å². The molecule has 1 aliphatic rings. The first kappa shape index (κ1) is 6.99. The molecule has 0 aromatic carbocycles. The molecule has 0 spiro atoms. The van der Waals surface area contributed by atoms with Crippen LogP contribution in [-0.2, 0) is 0 Å². The highest BCUT2D eigenvalue weighted by molar-refractivity contribution is 5.31. The molecule has 1 aliphatic carbocycles. The summed E-state index contributed by atoms with van der Waals surface area (Å²) in [5.74, 6) is -0.697. The fourth-order valence-electron chi connectivity index (χ4n) is 0.637. The second-order valence-electron chi connectivity index (χ2n) is 1.97. The number of alkyl halides is 1. The topological polar surface area (TPSA) is 26.0 Å². The maximum atomic E-state index is 12.5. The molecule has 0 amide bonds. The van der Waals surface area contributed by atoms with Crippen LogP contribution in [0.1, 0.15) is 0 Å². The summed E-state index contributed by atoms with van der Waals surface area (Å²) in [5, 5.41) is 0. The second kappa shape index (κ2) is 2.64. The van der Waals surface area contributed by atoms with Crippen molar-refractivity contribution in [3.05, 3.63) is 35.8 Å². The van der Waals surface area contributed by atoms with Gasteiger partial charge in [0.05, 0.1) is 5.70 Å². The monoisotopic (exact) mass is 143 g/mol. The third kappa shape index (κ3) is 1.43. The van der Waals surface area contributed by atoms with Crippen molar-refractivity contribution in [2.75, 3.05) is 0 Å². The van der Waals surface area contributed by atoms with Crippen molar-refractivity contribution in [3.8, 4) is 0 Å². The molecule has 0 saturated carbocycles. The zero-order valence-corrected chi connectivity index (χ0v) is 5.22. The summed E-state index contributed by atoms with van der Waals surface area (Å²) in [5.41, 5.74) is 5.11. The van der Waals surface area contributed by atoms with Crippen molar-refractivity contribution in [2.45, 2.75) is 6.17 Å². The molecule has 0 bridgehead atoms. The molecule has 0 aliphatic heterocycles. The Labute approximate surface area is 57.5 Å². The van der Waals surface area contributed by atoms with E-state index in [-0.39, 0.29) is 5.70 Å². The largest absolute Gasteiger partial charge is 0.396 e. The molecule has 1 unspecified atom stereocenters. The number of halogens is 2. The maximum absolute atomic E-state index is 12.5. The Morgan fingerprint density at radius 2 is 2.20 bits per heavy atom. The lowest BCUT2D eigenvalue weighted by Gasteiger charge is -1.93. The lowest BCUT2D eigenvalue weighted by molar-refractivity contribution is 0.460. The van der Waals surface area contributed by atoms with Crippen LogP contribution in [0.4, 0.5) is 8.78 Å². The molecular weight excluding hydrogens is 136 g/mol. The molecule has 0 fully saturated rings. The number of hydrogen-bond acceptors (Lipinski definition) is 1. The van der Waals surface area contributed by atoms with E-state index in [1.54, 1.807) is 0 Å². The molecular formula is C7H7F2N. The van der Waals surface area contributed by atoms with Crippen molar-refractivity contribution in [1.29, 1.82) is 0 Å². The molecule has 0 saturated heterocycles. The van der Waals surface area contributed by atoms with Crippen molar-refractivity contribution in [1.82, 2.24) is 0 Å². The highest BCUT2D eigenvalue weighted by atomic mass is 19.1. The summed E-state index contributed by atoms with van der Waals surface area (Å²) in [7, 11) is 0. The van der Waals surface area contributed by atoms with Gasteiger partial charge in [-0.05, 0) is 18.2 Å². The highest BCUT2D eigenvalue weighted by Crippen LogP contribution is 2.12. The van der Waals surface area contributed by atoms with Crippen molar-refractivity contribution >= 4 is 0 Å². The summed E-state index contributed by atoms with van der Waals surface area (Å²) >= 11 is 0. The maximum Gasteiger partial charge on any atom is 0.145 e. The standard InChI is InChI=1S/C7H7F2N/c8-5-2-1-3-7(10)6(9)4-5/h1-5H,10H2. The quantitative estimate of drug-likeness (QED) is 0.547. The van der Waals surface area contributed by atoms with Crippen LogP contribution < -0.4 is 5.73 Å². The zero-order valence-electron chi connectivity index (χ0n) is 5.22. The minimum Gasteiger partial charge on any atom is -0.396 e. The van der Waals surface area contributed by atoms with Gasteiger partial charge in [0.25, 0.3) is 0 Å². The van der Waals surface area contributed by atoms with Gasteiger partial charge in [-0.3, -0.25) is 0 Å². The van der Waals surface area contributed by atoms with Crippen LogP contribution in [0, 0.1) is 0 Å². The summed E-state index contributed by atoms with van der Waals surface area (Å²) in [6.45, 7) is 0. The fourth-order valence-corrected chi connectivity index (χ4v) is 0.637. The predicted molar refractivity (Wildman–Crippen MR) is 35.5 cm³/mol. The number of hydrogen-bond donors (Lipinski definition) is 1. The molecule has 54 valence electrons. The molecule has 0 aromatic heterocycles. The molecule has 2 N–H and O–H groups in total. The normalized spacial score (nSPS) is 25.2. The van der Waals surface area contributed by atoms with Gasteiger partial charge in [0.2, 0.25) is 0 Å². The zero-order chi connectivity index (χ0) is 7.56. The summed E-state index contributed by atoms with van der Waals surface area (Å²) in [4.78, 5) is 0. The van der Waals surface area contributed by atoms with Crippen LogP contribution in [0.2, 0.25) is 0 Å². The van der Waals surface area contributed by atoms with Crippen LogP contribution >= 0.6 is 0 Å².